The van der Waals surface area contributed by atoms with Gasteiger partial charge in [0, 0.05) is 5.54 Å². The third kappa shape index (κ3) is 1.83. The topological polar surface area (TPSA) is 26.0 Å². The van der Waals surface area contributed by atoms with Crippen molar-refractivity contribution in [2.75, 3.05) is 0 Å². The second kappa shape index (κ2) is 3.87. The van der Waals surface area contributed by atoms with Gasteiger partial charge in [-0.3, -0.25) is 0 Å². The van der Waals surface area contributed by atoms with Crippen LogP contribution in [0.15, 0.2) is 16.6 Å². The van der Waals surface area contributed by atoms with Crippen molar-refractivity contribution in [2.24, 2.45) is 5.73 Å². The molecule has 1 fully saturated rings. The maximum Gasteiger partial charge on any atom is 0.137 e. The molecule has 2 rings (SSSR count). The molecule has 15 heavy (non-hydrogen) atoms. The molecule has 82 valence electrons. The van der Waals surface area contributed by atoms with Crippen LogP contribution in [0.3, 0.4) is 0 Å². The van der Waals surface area contributed by atoms with Gasteiger partial charge in [-0.2, -0.15) is 0 Å². The Labute approximate surface area is 98.0 Å². The molecule has 1 aromatic rings. The molecule has 3 heteroatoms. The third-order valence-electron chi connectivity index (χ3n) is 3.37. The van der Waals surface area contributed by atoms with Gasteiger partial charge in [-0.15, -0.1) is 0 Å². The van der Waals surface area contributed by atoms with Gasteiger partial charge < -0.3 is 5.73 Å². The zero-order valence-electron chi connectivity index (χ0n) is 8.82. The SMILES string of the molecule is Cc1c(C2(N)CCCC2)ccc(F)c1Br. The highest BCUT2D eigenvalue weighted by Gasteiger charge is 2.33. The van der Waals surface area contributed by atoms with E-state index in [1.54, 1.807) is 0 Å². The smallest absolute Gasteiger partial charge is 0.137 e. The van der Waals surface area contributed by atoms with Crippen LogP contribution in [-0.4, -0.2) is 0 Å². The Morgan fingerprint density at radius 3 is 2.53 bits per heavy atom. The summed E-state index contributed by atoms with van der Waals surface area (Å²) in [6.07, 6.45) is 4.35. The van der Waals surface area contributed by atoms with E-state index in [1.165, 1.54) is 18.9 Å². The van der Waals surface area contributed by atoms with Gasteiger partial charge in [-0.05, 0) is 52.9 Å². The van der Waals surface area contributed by atoms with Crippen molar-refractivity contribution in [1.82, 2.24) is 0 Å². The number of nitrogens with two attached hydrogens (primary N) is 1. The van der Waals surface area contributed by atoms with Crippen molar-refractivity contribution in [1.29, 1.82) is 0 Å². The molecule has 0 atom stereocenters. The van der Waals surface area contributed by atoms with Gasteiger partial charge in [-0.25, -0.2) is 4.39 Å². The largest absolute Gasteiger partial charge is 0.321 e. The van der Waals surface area contributed by atoms with Crippen molar-refractivity contribution in [3.05, 3.63) is 33.5 Å². The molecule has 0 saturated heterocycles. The highest BCUT2D eigenvalue weighted by Crippen LogP contribution is 2.39. The maximum absolute atomic E-state index is 13.3. The first kappa shape index (κ1) is 11.1. The van der Waals surface area contributed by atoms with Crippen LogP contribution in [-0.2, 0) is 5.54 Å². The molecule has 0 unspecified atom stereocenters. The quantitative estimate of drug-likeness (QED) is 0.830. The summed E-state index contributed by atoms with van der Waals surface area (Å²) < 4.78 is 13.8. The maximum atomic E-state index is 13.3. The highest BCUT2D eigenvalue weighted by atomic mass is 79.9. The van der Waals surface area contributed by atoms with E-state index >= 15 is 0 Å². The standard InChI is InChI=1S/C12H15BrFN/c1-8-9(4-5-10(14)11(8)13)12(15)6-2-3-7-12/h4-5H,2-3,6-7,15H2,1H3. The summed E-state index contributed by atoms with van der Waals surface area (Å²) in [6, 6.07) is 3.33. The minimum absolute atomic E-state index is 0.210. The number of rotatable bonds is 1. The molecule has 2 N–H and O–H groups in total. The van der Waals surface area contributed by atoms with E-state index in [4.69, 9.17) is 5.73 Å². The summed E-state index contributed by atoms with van der Waals surface area (Å²) >= 11 is 3.27. The van der Waals surface area contributed by atoms with Gasteiger partial charge in [0.05, 0.1) is 4.47 Å². The Morgan fingerprint density at radius 1 is 1.33 bits per heavy atom. The van der Waals surface area contributed by atoms with Gasteiger partial charge in [0.25, 0.3) is 0 Å². The van der Waals surface area contributed by atoms with Gasteiger partial charge in [0.15, 0.2) is 0 Å². The van der Waals surface area contributed by atoms with Gasteiger partial charge in [0.2, 0.25) is 0 Å². The lowest BCUT2D eigenvalue weighted by atomic mass is 9.86. The Kier molecular flexibility index (Phi) is 2.86. The summed E-state index contributed by atoms with van der Waals surface area (Å²) in [5.74, 6) is -0.210. The summed E-state index contributed by atoms with van der Waals surface area (Å²) in [5, 5.41) is 0. The number of benzene rings is 1. The van der Waals surface area contributed by atoms with Crippen molar-refractivity contribution in [3.63, 3.8) is 0 Å². The van der Waals surface area contributed by atoms with E-state index in [0.717, 1.165) is 24.0 Å². The predicted molar refractivity (Wildman–Crippen MR) is 63.2 cm³/mol. The van der Waals surface area contributed by atoms with Crippen molar-refractivity contribution >= 4 is 15.9 Å². The number of hydrogen-bond acceptors (Lipinski definition) is 1. The van der Waals surface area contributed by atoms with Crippen molar-refractivity contribution in [2.45, 2.75) is 38.1 Å². The number of halogens is 2. The van der Waals surface area contributed by atoms with Crippen LogP contribution in [0.5, 0.6) is 0 Å². The van der Waals surface area contributed by atoms with Crippen LogP contribution in [0.2, 0.25) is 0 Å². The van der Waals surface area contributed by atoms with Crippen LogP contribution >= 0.6 is 15.9 Å². The molecule has 0 aromatic heterocycles. The van der Waals surface area contributed by atoms with Gasteiger partial charge in [0.1, 0.15) is 5.82 Å². The Morgan fingerprint density at radius 2 is 1.93 bits per heavy atom. The van der Waals surface area contributed by atoms with Gasteiger partial charge in [-0.1, -0.05) is 18.9 Å². The molecular formula is C12H15BrFN. The Balaban J connectivity index is 2.49. The molecule has 1 aliphatic rings. The fraction of sp³-hybridized carbons (Fsp3) is 0.500. The van der Waals surface area contributed by atoms with Crippen molar-refractivity contribution < 1.29 is 4.39 Å². The molecule has 1 aliphatic carbocycles. The molecule has 0 heterocycles. The minimum Gasteiger partial charge on any atom is -0.321 e. The lowest BCUT2D eigenvalue weighted by Gasteiger charge is -2.26. The van der Waals surface area contributed by atoms with E-state index in [-0.39, 0.29) is 11.4 Å². The average molecular weight is 272 g/mol. The first-order valence-corrected chi connectivity index (χ1v) is 6.08. The first-order valence-electron chi connectivity index (χ1n) is 5.28. The Hall–Kier alpha value is -0.410. The summed E-state index contributed by atoms with van der Waals surface area (Å²) in [7, 11) is 0. The predicted octanol–water partition coefficient (Wildman–Crippen LogP) is 3.62. The zero-order chi connectivity index (χ0) is 11.1. The third-order valence-corrected chi connectivity index (χ3v) is 4.34. The van der Waals surface area contributed by atoms with Crippen LogP contribution in [0.1, 0.15) is 36.8 Å². The second-order valence-corrected chi connectivity index (χ2v) is 5.19. The lowest BCUT2D eigenvalue weighted by Crippen LogP contribution is -2.34. The van der Waals surface area contributed by atoms with E-state index in [2.05, 4.69) is 15.9 Å². The number of hydrogen-bond donors (Lipinski definition) is 1. The Bertz CT molecular complexity index is 383. The monoisotopic (exact) mass is 271 g/mol. The van der Waals surface area contributed by atoms with E-state index in [9.17, 15) is 4.39 Å². The summed E-state index contributed by atoms with van der Waals surface area (Å²) in [4.78, 5) is 0. The zero-order valence-corrected chi connectivity index (χ0v) is 10.4. The van der Waals surface area contributed by atoms with Crippen LogP contribution < -0.4 is 5.73 Å². The molecule has 0 radical (unpaired) electrons. The van der Waals surface area contributed by atoms with Crippen LogP contribution in [0.25, 0.3) is 0 Å². The minimum atomic E-state index is -0.236. The lowest BCUT2D eigenvalue weighted by molar-refractivity contribution is 0.457. The van der Waals surface area contributed by atoms with Crippen LogP contribution in [0, 0.1) is 12.7 Å². The molecule has 0 bridgehead atoms. The normalized spacial score (nSPS) is 19.5. The van der Waals surface area contributed by atoms with E-state index in [0.29, 0.717) is 4.47 Å². The summed E-state index contributed by atoms with van der Waals surface area (Å²) in [5.41, 5.74) is 8.16. The average Bonchev–Trinajstić information content (AvgIpc) is 2.62. The molecule has 0 amide bonds. The van der Waals surface area contributed by atoms with Gasteiger partial charge >= 0.3 is 0 Å². The molecule has 1 saturated carbocycles. The molecular weight excluding hydrogens is 257 g/mol. The fourth-order valence-corrected chi connectivity index (χ4v) is 2.81. The molecule has 0 spiro atoms. The van der Waals surface area contributed by atoms with E-state index < -0.39 is 0 Å². The summed E-state index contributed by atoms with van der Waals surface area (Å²) in [6.45, 7) is 1.93. The van der Waals surface area contributed by atoms with Crippen molar-refractivity contribution in [3.8, 4) is 0 Å². The fourth-order valence-electron chi connectivity index (χ4n) is 2.47. The van der Waals surface area contributed by atoms with Crippen LogP contribution in [0.4, 0.5) is 4.39 Å². The second-order valence-electron chi connectivity index (χ2n) is 4.40. The molecule has 0 aliphatic heterocycles. The first-order chi connectivity index (χ1) is 7.04. The molecule has 1 aromatic carbocycles. The van der Waals surface area contributed by atoms with E-state index in [1.807, 2.05) is 13.0 Å². The highest BCUT2D eigenvalue weighted by molar-refractivity contribution is 9.10. The molecule has 1 nitrogen and oxygen atoms in total.